The average molecular weight is 285 g/mol. The van der Waals surface area contributed by atoms with E-state index < -0.39 is 10.0 Å². The second kappa shape index (κ2) is 5.48. The molecule has 0 aliphatic heterocycles. The Morgan fingerprint density at radius 2 is 2.16 bits per heavy atom. The third-order valence-electron chi connectivity index (χ3n) is 3.51. The number of aliphatic hydroxyl groups is 1. The van der Waals surface area contributed by atoms with Crippen LogP contribution in [0.3, 0.4) is 0 Å². The van der Waals surface area contributed by atoms with Gasteiger partial charge in [-0.2, -0.15) is 0 Å². The zero-order valence-electron chi connectivity index (χ0n) is 11.1. The second-order valence-electron chi connectivity index (χ2n) is 4.97. The number of hydrogen-bond acceptors (Lipinski definition) is 4. The molecule has 0 bridgehead atoms. The average Bonchev–Trinajstić information content (AvgIpc) is 3.12. The minimum Gasteiger partial charge on any atom is -0.495 e. The summed E-state index contributed by atoms with van der Waals surface area (Å²) in [4.78, 5) is 0.0786. The third kappa shape index (κ3) is 3.26. The van der Waals surface area contributed by atoms with Gasteiger partial charge in [0.25, 0.3) is 0 Å². The van der Waals surface area contributed by atoms with Gasteiger partial charge >= 0.3 is 0 Å². The molecule has 19 heavy (non-hydrogen) atoms. The van der Waals surface area contributed by atoms with Crippen molar-refractivity contribution in [2.75, 3.05) is 13.7 Å². The van der Waals surface area contributed by atoms with Crippen molar-refractivity contribution < 1.29 is 18.3 Å². The lowest BCUT2D eigenvalue weighted by molar-refractivity contribution is 0.281. The zero-order valence-corrected chi connectivity index (χ0v) is 11.9. The molecule has 1 aliphatic rings. The van der Waals surface area contributed by atoms with E-state index in [2.05, 4.69) is 11.6 Å². The molecule has 0 spiro atoms. The fraction of sp³-hybridized carbons (Fsp3) is 0.538. The van der Waals surface area contributed by atoms with Gasteiger partial charge in [0.05, 0.1) is 13.7 Å². The Hall–Kier alpha value is -1.11. The first-order chi connectivity index (χ1) is 8.97. The number of aliphatic hydroxyl groups excluding tert-OH is 1. The van der Waals surface area contributed by atoms with E-state index in [4.69, 9.17) is 9.84 Å². The summed E-state index contributed by atoms with van der Waals surface area (Å²) in [6.07, 6.45) is 1.07. The summed E-state index contributed by atoms with van der Waals surface area (Å²) in [6.45, 7) is 2.36. The molecular weight excluding hydrogens is 266 g/mol. The van der Waals surface area contributed by atoms with E-state index in [1.807, 2.05) is 0 Å². The summed E-state index contributed by atoms with van der Waals surface area (Å²) in [5.74, 6) is 1.31. The largest absolute Gasteiger partial charge is 0.495 e. The highest BCUT2D eigenvalue weighted by atomic mass is 32.2. The first-order valence-electron chi connectivity index (χ1n) is 6.25. The lowest BCUT2D eigenvalue weighted by atomic mass is 10.2. The number of rotatable bonds is 6. The van der Waals surface area contributed by atoms with Crippen LogP contribution in [-0.2, 0) is 16.6 Å². The van der Waals surface area contributed by atoms with E-state index >= 15 is 0 Å². The predicted molar refractivity (Wildman–Crippen MR) is 71.4 cm³/mol. The maximum absolute atomic E-state index is 12.2. The Morgan fingerprint density at radius 1 is 1.47 bits per heavy atom. The van der Waals surface area contributed by atoms with E-state index in [0.717, 1.165) is 6.42 Å². The van der Waals surface area contributed by atoms with E-state index in [9.17, 15) is 8.42 Å². The molecule has 6 heteroatoms. The molecule has 0 radical (unpaired) electrons. The van der Waals surface area contributed by atoms with Crippen LogP contribution in [0.1, 0.15) is 18.9 Å². The van der Waals surface area contributed by atoms with Crippen LogP contribution in [0, 0.1) is 11.8 Å². The van der Waals surface area contributed by atoms with Gasteiger partial charge in [0.15, 0.2) is 0 Å². The van der Waals surface area contributed by atoms with Gasteiger partial charge < -0.3 is 9.84 Å². The van der Waals surface area contributed by atoms with Gasteiger partial charge in [0.1, 0.15) is 10.6 Å². The highest BCUT2D eigenvalue weighted by Gasteiger charge is 2.33. The Kier molecular flexibility index (Phi) is 4.13. The van der Waals surface area contributed by atoms with Crippen molar-refractivity contribution in [1.82, 2.24) is 4.72 Å². The molecule has 2 N–H and O–H groups in total. The quantitative estimate of drug-likeness (QED) is 0.821. The number of ether oxygens (including phenoxy) is 1. The van der Waals surface area contributed by atoms with Crippen molar-refractivity contribution in [3.8, 4) is 5.75 Å². The minimum absolute atomic E-state index is 0.0786. The van der Waals surface area contributed by atoms with Crippen LogP contribution >= 0.6 is 0 Å². The summed E-state index contributed by atoms with van der Waals surface area (Å²) in [5, 5.41) is 9.10. The third-order valence-corrected chi connectivity index (χ3v) is 4.96. The monoisotopic (exact) mass is 285 g/mol. The van der Waals surface area contributed by atoms with Gasteiger partial charge in [-0.05, 0) is 36.0 Å². The second-order valence-corrected chi connectivity index (χ2v) is 6.70. The van der Waals surface area contributed by atoms with Crippen molar-refractivity contribution in [3.63, 3.8) is 0 Å². The molecular formula is C13H19NO4S. The van der Waals surface area contributed by atoms with E-state index in [1.54, 1.807) is 12.1 Å². The number of methoxy groups -OCH3 is 1. The van der Waals surface area contributed by atoms with Crippen molar-refractivity contribution in [2.24, 2.45) is 11.8 Å². The highest BCUT2D eigenvalue weighted by Crippen LogP contribution is 2.37. The topological polar surface area (TPSA) is 75.6 Å². The first-order valence-corrected chi connectivity index (χ1v) is 7.73. The molecule has 0 aromatic heterocycles. The Balaban J connectivity index is 2.22. The smallest absolute Gasteiger partial charge is 0.244 e. The molecule has 2 unspecified atom stereocenters. The molecule has 1 aromatic carbocycles. The molecule has 2 rings (SSSR count). The number of hydrogen-bond donors (Lipinski definition) is 2. The standard InChI is InChI=1S/C13H19NO4S/c1-9-5-11(9)7-14-19(16,17)13-6-10(8-15)3-4-12(13)18-2/h3-4,6,9,11,14-15H,5,7-8H2,1-2H3. The molecule has 0 heterocycles. The Labute approximate surface area is 113 Å². The van der Waals surface area contributed by atoms with Crippen molar-refractivity contribution in [2.45, 2.75) is 24.8 Å². The van der Waals surface area contributed by atoms with Crippen molar-refractivity contribution >= 4 is 10.0 Å². The van der Waals surface area contributed by atoms with Crippen LogP contribution in [0.5, 0.6) is 5.75 Å². The van der Waals surface area contributed by atoms with Gasteiger partial charge in [-0.1, -0.05) is 13.0 Å². The van der Waals surface area contributed by atoms with Gasteiger partial charge in [0.2, 0.25) is 10.0 Å². The number of benzene rings is 1. The van der Waals surface area contributed by atoms with Crippen LogP contribution in [0.25, 0.3) is 0 Å². The van der Waals surface area contributed by atoms with Crippen LogP contribution in [0.15, 0.2) is 23.1 Å². The SMILES string of the molecule is COc1ccc(CO)cc1S(=O)(=O)NCC1CC1C. The molecule has 0 saturated heterocycles. The van der Waals surface area contributed by atoms with E-state index in [-0.39, 0.29) is 17.3 Å². The Bertz CT molecular complexity index is 556. The van der Waals surface area contributed by atoms with Crippen LogP contribution in [0.4, 0.5) is 0 Å². The van der Waals surface area contributed by atoms with Gasteiger partial charge in [0, 0.05) is 6.54 Å². The molecule has 5 nitrogen and oxygen atoms in total. The summed E-state index contributed by atoms with van der Waals surface area (Å²) in [5.41, 5.74) is 0.543. The molecule has 1 saturated carbocycles. The lowest BCUT2D eigenvalue weighted by Gasteiger charge is -2.11. The summed E-state index contributed by atoms with van der Waals surface area (Å²) >= 11 is 0. The fourth-order valence-corrected chi connectivity index (χ4v) is 3.32. The van der Waals surface area contributed by atoms with Crippen LogP contribution in [-0.4, -0.2) is 27.2 Å². The fourth-order valence-electron chi connectivity index (χ4n) is 2.01. The normalized spacial score (nSPS) is 22.3. The molecule has 1 fully saturated rings. The molecule has 1 aliphatic carbocycles. The number of nitrogens with one attached hydrogen (secondary N) is 1. The summed E-state index contributed by atoms with van der Waals surface area (Å²) < 4.78 is 32.2. The Morgan fingerprint density at radius 3 is 2.68 bits per heavy atom. The predicted octanol–water partition coefficient (Wildman–Crippen LogP) is 1.12. The lowest BCUT2D eigenvalue weighted by Crippen LogP contribution is -2.26. The van der Waals surface area contributed by atoms with E-state index in [0.29, 0.717) is 23.9 Å². The van der Waals surface area contributed by atoms with Gasteiger partial charge in [-0.25, -0.2) is 13.1 Å². The molecule has 1 aromatic rings. The molecule has 0 amide bonds. The van der Waals surface area contributed by atoms with Gasteiger partial charge in [-0.15, -0.1) is 0 Å². The van der Waals surface area contributed by atoms with Crippen LogP contribution in [0.2, 0.25) is 0 Å². The summed E-state index contributed by atoms with van der Waals surface area (Å²) in [7, 11) is -2.17. The highest BCUT2D eigenvalue weighted by molar-refractivity contribution is 7.89. The van der Waals surface area contributed by atoms with Crippen molar-refractivity contribution in [3.05, 3.63) is 23.8 Å². The summed E-state index contributed by atoms with van der Waals surface area (Å²) in [6, 6.07) is 4.64. The first kappa shape index (κ1) is 14.3. The van der Waals surface area contributed by atoms with Crippen LogP contribution < -0.4 is 9.46 Å². The maximum atomic E-state index is 12.2. The van der Waals surface area contributed by atoms with Crippen molar-refractivity contribution in [1.29, 1.82) is 0 Å². The minimum atomic E-state index is -3.60. The van der Waals surface area contributed by atoms with Gasteiger partial charge in [-0.3, -0.25) is 0 Å². The molecule has 2 atom stereocenters. The van der Waals surface area contributed by atoms with E-state index in [1.165, 1.54) is 13.2 Å². The number of sulfonamides is 1. The molecule has 106 valence electrons. The zero-order chi connectivity index (χ0) is 14.0. The maximum Gasteiger partial charge on any atom is 0.244 e.